The molecule has 1 aliphatic rings. The summed E-state index contributed by atoms with van der Waals surface area (Å²) in [5.74, 6) is 0.970. The van der Waals surface area contributed by atoms with E-state index in [9.17, 15) is 0 Å². The number of benzene rings is 1. The van der Waals surface area contributed by atoms with Gasteiger partial charge in [0.25, 0.3) is 0 Å². The van der Waals surface area contributed by atoms with Crippen molar-refractivity contribution in [1.82, 2.24) is 9.97 Å². The summed E-state index contributed by atoms with van der Waals surface area (Å²) in [6.07, 6.45) is 4.46. The van der Waals surface area contributed by atoms with Crippen LogP contribution in [0.3, 0.4) is 0 Å². The lowest BCUT2D eigenvalue weighted by molar-refractivity contribution is 0.814. The quantitative estimate of drug-likeness (QED) is 0.922. The van der Waals surface area contributed by atoms with Crippen LogP contribution in [0.5, 0.6) is 0 Å². The Balaban J connectivity index is 1.79. The van der Waals surface area contributed by atoms with Crippen LogP contribution in [0.2, 0.25) is 5.02 Å². The normalized spacial score (nSPS) is 14.4. The predicted molar refractivity (Wildman–Crippen MR) is 87.4 cm³/mol. The van der Waals surface area contributed by atoms with Crippen molar-refractivity contribution >= 4 is 28.8 Å². The van der Waals surface area contributed by atoms with Crippen molar-refractivity contribution in [3.63, 3.8) is 0 Å². The van der Waals surface area contributed by atoms with Crippen molar-refractivity contribution in [2.75, 3.05) is 23.7 Å². The lowest BCUT2D eigenvalue weighted by Gasteiger charge is -2.28. The Morgan fingerprint density at radius 2 is 2.00 bits per heavy atom. The average molecular weight is 312 g/mol. The molecule has 0 fully saturated rings. The maximum Gasteiger partial charge on any atom is 0.153 e. The Bertz CT molecular complexity index is 761. The number of nitrogens with two attached hydrogens (primary N) is 1. The second-order valence-corrected chi connectivity index (χ2v) is 5.39. The van der Waals surface area contributed by atoms with Gasteiger partial charge >= 0.3 is 0 Å². The molecule has 0 saturated carbocycles. The molecule has 0 atom stereocenters. The maximum atomic E-state index is 8.84. The minimum atomic E-state index is 0.300. The van der Waals surface area contributed by atoms with Crippen molar-refractivity contribution in [3.05, 3.63) is 52.8 Å². The fourth-order valence-corrected chi connectivity index (χ4v) is 2.69. The van der Waals surface area contributed by atoms with Crippen LogP contribution in [0, 0.1) is 11.3 Å². The SMILES string of the molecule is N#Cc1ccc(C2=CCN(c3ncnc(N)c3Cl)CC2)cc1. The van der Waals surface area contributed by atoms with Crippen molar-refractivity contribution in [1.29, 1.82) is 5.26 Å². The Morgan fingerprint density at radius 3 is 2.64 bits per heavy atom. The summed E-state index contributed by atoms with van der Waals surface area (Å²) in [7, 11) is 0. The highest BCUT2D eigenvalue weighted by Gasteiger charge is 2.18. The Labute approximate surface area is 133 Å². The lowest BCUT2D eigenvalue weighted by atomic mass is 9.98. The third-order valence-electron chi connectivity index (χ3n) is 3.69. The summed E-state index contributed by atoms with van der Waals surface area (Å²) in [5.41, 5.74) is 8.80. The minimum absolute atomic E-state index is 0.300. The average Bonchev–Trinajstić information content (AvgIpc) is 2.58. The molecule has 6 heteroatoms. The van der Waals surface area contributed by atoms with Crippen LogP contribution in [0.15, 0.2) is 36.7 Å². The van der Waals surface area contributed by atoms with E-state index >= 15 is 0 Å². The van der Waals surface area contributed by atoms with Crippen molar-refractivity contribution in [3.8, 4) is 6.07 Å². The van der Waals surface area contributed by atoms with Crippen molar-refractivity contribution < 1.29 is 0 Å². The number of halogens is 1. The molecule has 110 valence electrons. The van der Waals surface area contributed by atoms with Gasteiger partial charge in [-0.25, -0.2) is 9.97 Å². The fraction of sp³-hybridized carbons (Fsp3) is 0.188. The van der Waals surface area contributed by atoms with Crippen LogP contribution in [0.1, 0.15) is 17.5 Å². The van der Waals surface area contributed by atoms with Gasteiger partial charge in [-0.15, -0.1) is 0 Å². The van der Waals surface area contributed by atoms with E-state index in [2.05, 4.69) is 27.0 Å². The van der Waals surface area contributed by atoms with Crippen LogP contribution >= 0.6 is 11.6 Å². The number of nitrogens with zero attached hydrogens (tertiary/aromatic N) is 4. The molecule has 2 heterocycles. The first-order valence-electron chi connectivity index (χ1n) is 6.89. The number of nitrogen functional groups attached to an aromatic ring is 1. The van der Waals surface area contributed by atoms with Gasteiger partial charge in [-0.2, -0.15) is 5.26 Å². The highest BCUT2D eigenvalue weighted by molar-refractivity contribution is 6.35. The molecule has 1 aromatic carbocycles. The molecule has 0 saturated heterocycles. The number of aromatic nitrogens is 2. The first-order chi connectivity index (χ1) is 10.7. The number of hydrogen-bond donors (Lipinski definition) is 1. The van der Waals surface area contributed by atoms with E-state index in [1.807, 2.05) is 24.3 Å². The summed E-state index contributed by atoms with van der Waals surface area (Å²) in [5, 5.41) is 9.24. The second-order valence-electron chi connectivity index (χ2n) is 5.01. The lowest BCUT2D eigenvalue weighted by Crippen LogP contribution is -2.29. The second kappa shape index (κ2) is 6.04. The molecule has 0 unspecified atom stereocenters. The molecule has 0 bridgehead atoms. The topological polar surface area (TPSA) is 78.8 Å². The van der Waals surface area contributed by atoms with Crippen LogP contribution in [0.25, 0.3) is 5.57 Å². The van der Waals surface area contributed by atoms with Crippen molar-refractivity contribution in [2.24, 2.45) is 0 Å². The van der Waals surface area contributed by atoms with E-state index in [1.54, 1.807) is 0 Å². The fourth-order valence-electron chi connectivity index (χ4n) is 2.48. The molecule has 1 aliphatic heterocycles. The van der Waals surface area contributed by atoms with Gasteiger partial charge in [0.2, 0.25) is 0 Å². The standard InChI is InChI=1S/C16H14ClN5/c17-14-15(19)20-10-21-16(14)22-7-5-13(6-8-22)12-3-1-11(9-18)2-4-12/h1-5,10H,6-8H2,(H2,19,20,21). The first kappa shape index (κ1) is 14.4. The predicted octanol–water partition coefficient (Wildman–Crippen LogP) is 2.88. The van der Waals surface area contributed by atoms with Gasteiger partial charge in [-0.3, -0.25) is 0 Å². The van der Waals surface area contributed by atoms with E-state index in [1.165, 1.54) is 11.9 Å². The molecule has 22 heavy (non-hydrogen) atoms. The van der Waals surface area contributed by atoms with Crippen molar-refractivity contribution in [2.45, 2.75) is 6.42 Å². The number of anilines is 2. The maximum absolute atomic E-state index is 8.84. The summed E-state index contributed by atoms with van der Waals surface area (Å²) in [6, 6.07) is 9.77. The van der Waals surface area contributed by atoms with Gasteiger partial charge in [0, 0.05) is 13.1 Å². The van der Waals surface area contributed by atoms with E-state index in [4.69, 9.17) is 22.6 Å². The zero-order valence-corrected chi connectivity index (χ0v) is 12.6. The summed E-state index contributed by atoms with van der Waals surface area (Å²) in [6.45, 7) is 1.52. The largest absolute Gasteiger partial charge is 0.382 e. The Morgan fingerprint density at radius 1 is 1.23 bits per heavy atom. The molecule has 1 aromatic heterocycles. The zero-order valence-electron chi connectivity index (χ0n) is 11.8. The third kappa shape index (κ3) is 2.74. The van der Waals surface area contributed by atoms with Gasteiger partial charge in [-0.05, 0) is 29.7 Å². The molecule has 0 amide bonds. The summed E-state index contributed by atoms with van der Waals surface area (Å²) in [4.78, 5) is 10.2. The highest BCUT2D eigenvalue weighted by Crippen LogP contribution is 2.30. The number of rotatable bonds is 2. The third-order valence-corrected chi connectivity index (χ3v) is 4.05. The molecule has 0 radical (unpaired) electrons. The van der Waals surface area contributed by atoms with E-state index in [0.717, 1.165) is 18.5 Å². The highest BCUT2D eigenvalue weighted by atomic mass is 35.5. The molecule has 3 rings (SSSR count). The molecule has 0 spiro atoms. The van der Waals surface area contributed by atoms with Gasteiger partial charge in [0.05, 0.1) is 11.6 Å². The minimum Gasteiger partial charge on any atom is -0.382 e. The van der Waals surface area contributed by atoms with E-state index in [0.29, 0.717) is 28.8 Å². The van der Waals surface area contributed by atoms with Gasteiger partial charge in [0.1, 0.15) is 17.2 Å². The zero-order chi connectivity index (χ0) is 15.5. The van der Waals surface area contributed by atoms with Gasteiger partial charge < -0.3 is 10.6 Å². The van der Waals surface area contributed by atoms with E-state index < -0.39 is 0 Å². The first-order valence-corrected chi connectivity index (χ1v) is 7.27. The summed E-state index contributed by atoms with van der Waals surface area (Å²) < 4.78 is 0. The molecule has 2 N–H and O–H groups in total. The Kier molecular flexibility index (Phi) is 3.94. The van der Waals surface area contributed by atoms with Gasteiger partial charge in [-0.1, -0.05) is 29.8 Å². The van der Waals surface area contributed by atoms with Crippen LogP contribution < -0.4 is 10.6 Å². The Hall–Kier alpha value is -2.58. The van der Waals surface area contributed by atoms with Gasteiger partial charge in [0.15, 0.2) is 5.82 Å². The van der Waals surface area contributed by atoms with E-state index in [-0.39, 0.29) is 0 Å². The number of hydrogen-bond acceptors (Lipinski definition) is 5. The van der Waals surface area contributed by atoms with Crippen LogP contribution in [-0.2, 0) is 0 Å². The molecular formula is C16H14ClN5. The molecule has 0 aliphatic carbocycles. The monoisotopic (exact) mass is 311 g/mol. The molecular weight excluding hydrogens is 298 g/mol. The molecule has 2 aromatic rings. The summed E-state index contributed by atoms with van der Waals surface area (Å²) >= 11 is 6.17. The number of nitriles is 1. The van der Waals surface area contributed by atoms with Crippen LogP contribution in [-0.4, -0.2) is 23.1 Å². The smallest absolute Gasteiger partial charge is 0.153 e. The van der Waals surface area contributed by atoms with Crippen LogP contribution in [0.4, 0.5) is 11.6 Å². The molecule has 5 nitrogen and oxygen atoms in total.